The van der Waals surface area contributed by atoms with Crippen LogP contribution in [0, 0.1) is 0 Å². The Morgan fingerprint density at radius 1 is 1.11 bits per heavy atom. The molecule has 1 aliphatic heterocycles. The molecule has 2 aromatic heterocycles. The standard InChI is InChI=1S/C21H23N5O2/c1-25(21(28)19-17-7-3-2-5-15(17)8-11-22-19)16-6-4-13-26(14-10-16)20(27)18-9-12-23-24-18/h2-3,5,7-9,11-12,16H,4,6,10,13-14H2,1H3,(H,23,24). The first kappa shape index (κ1) is 18.2. The molecule has 28 heavy (non-hydrogen) atoms. The number of hydrogen-bond acceptors (Lipinski definition) is 4. The largest absolute Gasteiger partial charge is 0.337 e. The van der Waals surface area contributed by atoms with E-state index < -0.39 is 0 Å². The summed E-state index contributed by atoms with van der Waals surface area (Å²) in [5.74, 6) is -0.113. The summed E-state index contributed by atoms with van der Waals surface area (Å²) in [5, 5.41) is 8.46. The predicted molar refractivity (Wildman–Crippen MR) is 106 cm³/mol. The monoisotopic (exact) mass is 377 g/mol. The van der Waals surface area contributed by atoms with Gasteiger partial charge in [0.15, 0.2) is 0 Å². The molecule has 1 atom stereocenters. The van der Waals surface area contributed by atoms with Crippen molar-refractivity contribution in [3.05, 3.63) is 60.2 Å². The number of rotatable bonds is 3. The molecule has 0 spiro atoms. The number of carbonyl (C=O) groups excluding carboxylic acids is 2. The Balaban J connectivity index is 1.48. The lowest BCUT2D eigenvalue weighted by atomic mass is 10.1. The van der Waals surface area contributed by atoms with Crippen molar-refractivity contribution in [2.75, 3.05) is 20.1 Å². The van der Waals surface area contributed by atoms with E-state index in [1.807, 2.05) is 42.3 Å². The summed E-state index contributed by atoms with van der Waals surface area (Å²) in [6, 6.07) is 11.5. The van der Waals surface area contributed by atoms with Crippen LogP contribution in [0.15, 0.2) is 48.8 Å². The molecule has 1 saturated heterocycles. The Labute approximate surface area is 163 Å². The third-order valence-corrected chi connectivity index (χ3v) is 5.46. The molecule has 144 valence electrons. The molecule has 0 saturated carbocycles. The van der Waals surface area contributed by atoms with Gasteiger partial charge in [-0.25, -0.2) is 0 Å². The molecule has 7 nitrogen and oxygen atoms in total. The highest BCUT2D eigenvalue weighted by Crippen LogP contribution is 2.22. The van der Waals surface area contributed by atoms with E-state index in [0.717, 1.165) is 30.0 Å². The SMILES string of the molecule is CN(C(=O)c1nccc2ccccc12)C1CCCN(C(=O)c2ccn[nH]2)CC1. The first-order valence-corrected chi connectivity index (χ1v) is 9.54. The summed E-state index contributed by atoms with van der Waals surface area (Å²) in [5.41, 5.74) is 0.984. The van der Waals surface area contributed by atoms with Gasteiger partial charge in [0.05, 0.1) is 0 Å². The molecule has 3 heterocycles. The van der Waals surface area contributed by atoms with Gasteiger partial charge in [-0.2, -0.15) is 5.10 Å². The molecule has 0 radical (unpaired) electrons. The van der Waals surface area contributed by atoms with Gasteiger partial charge in [-0.15, -0.1) is 0 Å². The second kappa shape index (κ2) is 7.80. The van der Waals surface area contributed by atoms with Gasteiger partial charge in [0.25, 0.3) is 11.8 Å². The lowest BCUT2D eigenvalue weighted by molar-refractivity contribution is 0.0706. The number of pyridine rings is 1. The molecule has 7 heteroatoms. The minimum Gasteiger partial charge on any atom is -0.337 e. The van der Waals surface area contributed by atoms with Crippen molar-refractivity contribution in [1.82, 2.24) is 25.0 Å². The van der Waals surface area contributed by atoms with Gasteiger partial charge in [-0.3, -0.25) is 19.7 Å². The van der Waals surface area contributed by atoms with Crippen LogP contribution in [-0.2, 0) is 0 Å². The van der Waals surface area contributed by atoms with Gasteiger partial charge in [0, 0.05) is 44.0 Å². The fraction of sp³-hybridized carbons (Fsp3) is 0.333. The number of fused-ring (bicyclic) bond motifs is 1. The fourth-order valence-corrected chi connectivity index (χ4v) is 3.84. The molecule has 1 aliphatic rings. The van der Waals surface area contributed by atoms with E-state index in [1.165, 1.54) is 0 Å². The number of aromatic amines is 1. The number of H-pyrrole nitrogens is 1. The van der Waals surface area contributed by atoms with Crippen LogP contribution in [0.3, 0.4) is 0 Å². The van der Waals surface area contributed by atoms with Crippen LogP contribution >= 0.6 is 0 Å². The van der Waals surface area contributed by atoms with Crippen molar-refractivity contribution >= 4 is 22.6 Å². The average molecular weight is 377 g/mol. The van der Waals surface area contributed by atoms with E-state index >= 15 is 0 Å². The molecule has 1 N–H and O–H groups in total. The third-order valence-electron chi connectivity index (χ3n) is 5.46. The zero-order valence-corrected chi connectivity index (χ0v) is 15.8. The van der Waals surface area contributed by atoms with Crippen molar-refractivity contribution in [3.63, 3.8) is 0 Å². The zero-order chi connectivity index (χ0) is 19.5. The minimum atomic E-state index is -0.0739. The van der Waals surface area contributed by atoms with Crippen molar-refractivity contribution < 1.29 is 9.59 Å². The minimum absolute atomic E-state index is 0.0390. The topological polar surface area (TPSA) is 82.2 Å². The normalized spacial score (nSPS) is 17.3. The predicted octanol–water partition coefficient (Wildman–Crippen LogP) is 2.72. The molecule has 1 unspecified atom stereocenters. The molecule has 0 aliphatic carbocycles. The van der Waals surface area contributed by atoms with Crippen LogP contribution in [0.4, 0.5) is 0 Å². The second-order valence-corrected chi connectivity index (χ2v) is 7.14. The third kappa shape index (κ3) is 3.47. The van der Waals surface area contributed by atoms with E-state index in [9.17, 15) is 9.59 Å². The maximum absolute atomic E-state index is 13.1. The number of amides is 2. The molecule has 1 aromatic carbocycles. The Morgan fingerprint density at radius 2 is 1.96 bits per heavy atom. The summed E-state index contributed by atoms with van der Waals surface area (Å²) < 4.78 is 0. The number of likely N-dealkylation sites (tertiary alicyclic amines) is 1. The average Bonchev–Trinajstić information content (AvgIpc) is 3.16. The van der Waals surface area contributed by atoms with Crippen molar-refractivity contribution in [2.24, 2.45) is 0 Å². The summed E-state index contributed by atoms with van der Waals surface area (Å²) >= 11 is 0. The Hall–Kier alpha value is -3.22. The summed E-state index contributed by atoms with van der Waals surface area (Å²) in [7, 11) is 1.84. The van der Waals surface area contributed by atoms with Crippen LogP contribution in [-0.4, -0.2) is 63.0 Å². The van der Waals surface area contributed by atoms with Crippen LogP contribution in [0.25, 0.3) is 10.8 Å². The van der Waals surface area contributed by atoms with Crippen molar-refractivity contribution in [1.29, 1.82) is 0 Å². The molecular weight excluding hydrogens is 354 g/mol. The van der Waals surface area contributed by atoms with Crippen molar-refractivity contribution in [2.45, 2.75) is 25.3 Å². The zero-order valence-electron chi connectivity index (χ0n) is 15.8. The first-order chi connectivity index (χ1) is 13.6. The maximum atomic E-state index is 13.1. The van der Waals surface area contributed by atoms with E-state index in [4.69, 9.17) is 0 Å². The number of aromatic nitrogens is 3. The Morgan fingerprint density at radius 3 is 2.79 bits per heavy atom. The lowest BCUT2D eigenvalue weighted by Crippen LogP contribution is -2.39. The summed E-state index contributed by atoms with van der Waals surface area (Å²) in [4.78, 5) is 33.7. The molecule has 4 rings (SSSR count). The number of nitrogens with one attached hydrogen (secondary N) is 1. The molecule has 2 amide bonds. The van der Waals surface area contributed by atoms with Gasteiger partial charge < -0.3 is 9.80 Å². The highest BCUT2D eigenvalue weighted by molar-refractivity contribution is 6.05. The van der Waals surface area contributed by atoms with E-state index in [1.54, 1.807) is 23.4 Å². The number of benzene rings is 1. The van der Waals surface area contributed by atoms with Crippen LogP contribution in [0.1, 0.15) is 40.2 Å². The molecule has 0 bridgehead atoms. The van der Waals surface area contributed by atoms with E-state index in [0.29, 0.717) is 24.5 Å². The Bertz CT molecular complexity index is 980. The fourth-order valence-electron chi connectivity index (χ4n) is 3.84. The van der Waals surface area contributed by atoms with Gasteiger partial charge in [-0.1, -0.05) is 24.3 Å². The van der Waals surface area contributed by atoms with E-state index in [-0.39, 0.29) is 17.9 Å². The molecular formula is C21H23N5O2. The summed E-state index contributed by atoms with van der Waals surface area (Å²) in [6.45, 7) is 1.30. The smallest absolute Gasteiger partial charge is 0.273 e. The van der Waals surface area contributed by atoms with E-state index in [2.05, 4.69) is 15.2 Å². The molecule has 1 fully saturated rings. The number of nitrogens with zero attached hydrogens (tertiary/aromatic N) is 4. The van der Waals surface area contributed by atoms with Gasteiger partial charge in [0.1, 0.15) is 11.4 Å². The molecule has 3 aromatic rings. The van der Waals surface area contributed by atoms with Gasteiger partial charge in [-0.05, 0) is 36.8 Å². The van der Waals surface area contributed by atoms with Crippen LogP contribution < -0.4 is 0 Å². The number of hydrogen-bond donors (Lipinski definition) is 1. The van der Waals surface area contributed by atoms with Crippen LogP contribution in [0.2, 0.25) is 0 Å². The maximum Gasteiger partial charge on any atom is 0.273 e. The quantitative estimate of drug-likeness (QED) is 0.761. The highest BCUT2D eigenvalue weighted by atomic mass is 16.2. The first-order valence-electron chi connectivity index (χ1n) is 9.54. The van der Waals surface area contributed by atoms with Gasteiger partial charge in [0.2, 0.25) is 0 Å². The second-order valence-electron chi connectivity index (χ2n) is 7.14. The van der Waals surface area contributed by atoms with Crippen molar-refractivity contribution in [3.8, 4) is 0 Å². The lowest BCUT2D eigenvalue weighted by Gasteiger charge is -2.27. The van der Waals surface area contributed by atoms with Gasteiger partial charge >= 0.3 is 0 Å². The summed E-state index contributed by atoms with van der Waals surface area (Å²) in [6.07, 6.45) is 5.72. The number of carbonyl (C=O) groups is 2. The highest BCUT2D eigenvalue weighted by Gasteiger charge is 2.28. The van der Waals surface area contributed by atoms with Crippen LogP contribution in [0.5, 0.6) is 0 Å². The Kier molecular flexibility index (Phi) is 5.06.